The van der Waals surface area contributed by atoms with Crippen LogP contribution in [0.2, 0.25) is 0 Å². The number of tetrazole rings is 1. The number of hydrogen-bond acceptors (Lipinski definition) is 4. The second-order valence-electron chi connectivity index (χ2n) is 4.57. The van der Waals surface area contributed by atoms with E-state index in [1.165, 1.54) is 10.9 Å². The Morgan fingerprint density at radius 3 is 2.90 bits per heavy atom. The molecule has 2 rings (SSSR count). The molecule has 0 spiro atoms. The molecule has 0 saturated carbocycles. The third kappa shape index (κ3) is 3.83. The predicted molar refractivity (Wildman–Crippen MR) is 77.6 cm³/mol. The van der Waals surface area contributed by atoms with E-state index in [9.17, 15) is 4.39 Å². The van der Waals surface area contributed by atoms with Crippen molar-refractivity contribution in [2.75, 3.05) is 6.54 Å². The average molecular weight is 342 g/mol. The minimum atomic E-state index is -0.231. The van der Waals surface area contributed by atoms with Gasteiger partial charge in [0.1, 0.15) is 5.82 Å². The van der Waals surface area contributed by atoms with E-state index in [4.69, 9.17) is 0 Å². The van der Waals surface area contributed by atoms with E-state index in [-0.39, 0.29) is 11.9 Å². The molecule has 2 aromatic rings. The van der Waals surface area contributed by atoms with Crippen LogP contribution in [0.25, 0.3) is 0 Å². The van der Waals surface area contributed by atoms with E-state index in [2.05, 4.69) is 43.6 Å². The number of aromatic nitrogens is 4. The fourth-order valence-corrected chi connectivity index (χ4v) is 2.36. The molecule has 20 heavy (non-hydrogen) atoms. The van der Waals surface area contributed by atoms with E-state index >= 15 is 0 Å². The average Bonchev–Trinajstić information content (AvgIpc) is 2.83. The van der Waals surface area contributed by atoms with Crippen molar-refractivity contribution in [3.8, 4) is 0 Å². The molecule has 1 N–H and O–H groups in total. The highest BCUT2D eigenvalue weighted by Crippen LogP contribution is 2.24. The normalized spacial score (nSPS) is 12.6. The third-order valence-electron chi connectivity index (χ3n) is 2.91. The van der Waals surface area contributed by atoms with Gasteiger partial charge in [-0.2, -0.15) is 4.80 Å². The highest BCUT2D eigenvalue weighted by molar-refractivity contribution is 9.10. The zero-order valence-corrected chi connectivity index (χ0v) is 13.1. The lowest BCUT2D eigenvalue weighted by atomic mass is 10.0. The molecule has 0 fully saturated rings. The zero-order valence-electron chi connectivity index (χ0n) is 11.5. The van der Waals surface area contributed by atoms with Crippen LogP contribution in [0.5, 0.6) is 0 Å². The summed E-state index contributed by atoms with van der Waals surface area (Å²) in [5.74, 6) is 0.367. The fourth-order valence-electron chi connectivity index (χ4n) is 1.98. The molecule has 0 aliphatic heterocycles. The summed E-state index contributed by atoms with van der Waals surface area (Å²) in [5, 5.41) is 15.3. The van der Waals surface area contributed by atoms with Gasteiger partial charge in [0.25, 0.3) is 0 Å². The van der Waals surface area contributed by atoms with Crippen LogP contribution in [0, 0.1) is 5.82 Å². The van der Waals surface area contributed by atoms with Gasteiger partial charge in [0, 0.05) is 22.5 Å². The molecule has 0 saturated heterocycles. The number of halogens is 2. The molecule has 1 atom stereocenters. The van der Waals surface area contributed by atoms with E-state index in [0.717, 1.165) is 17.4 Å². The summed E-state index contributed by atoms with van der Waals surface area (Å²) in [6.45, 7) is 2.87. The van der Waals surface area contributed by atoms with Crippen LogP contribution in [0.1, 0.15) is 30.8 Å². The van der Waals surface area contributed by atoms with Crippen molar-refractivity contribution >= 4 is 15.9 Å². The van der Waals surface area contributed by atoms with Gasteiger partial charge in [-0.15, -0.1) is 10.2 Å². The van der Waals surface area contributed by atoms with Gasteiger partial charge in [0.15, 0.2) is 5.82 Å². The Balaban J connectivity index is 2.24. The number of benzene rings is 1. The second-order valence-corrected chi connectivity index (χ2v) is 5.49. The summed E-state index contributed by atoms with van der Waals surface area (Å²) >= 11 is 3.38. The molecule has 108 valence electrons. The number of nitrogens with one attached hydrogen (secondary N) is 1. The van der Waals surface area contributed by atoms with Crippen LogP contribution in [-0.4, -0.2) is 26.8 Å². The third-order valence-corrected chi connectivity index (χ3v) is 3.40. The molecule has 5 nitrogen and oxygen atoms in total. The van der Waals surface area contributed by atoms with Crippen molar-refractivity contribution in [1.29, 1.82) is 0 Å². The summed E-state index contributed by atoms with van der Waals surface area (Å²) in [7, 11) is 1.71. The first-order chi connectivity index (χ1) is 9.60. The van der Waals surface area contributed by atoms with E-state index in [0.29, 0.717) is 17.8 Å². The van der Waals surface area contributed by atoms with Gasteiger partial charge >= 0.3 is 0 Å². The highest BCUT2D eigenvalue weighted by atomic mass is 79.9. The molecule has 0 aliphatic rings. The van der Waals surface area contributed by atoms with Crippen LogP contribution >= 0.6 is 15.9 Å². The molecule has 0 bridgehead atoms. The van der Waals surface area contributed by atoms with Gasteiger partial charge in [-0.25, -0.2) is 4.39 Å². The largest absolute Gasteiger partial charge is 0.309 e. The molecular weight excluding hydrogens is 325 g/mol. The first-order valence-electron chi connectivity index (χ1n) is 6.51. The van der Waals surface area contributed by atoms with E-state index in [1.807, 2.05) is 0 Å². The smallest absolute Gasteiger partial charge is 0.176 e. The molecule has 1 unspecified atom stereocenters. The SMILES string of the molecule is CCCNC(Cc1nnn(C)n1)c1cc(Br)ccc1F. The quantitative estimate of drug-likeness (QED) is 0.876. The van der Waals surface area contributed by atoms with Crippen LogP contribution in [0.15, 0.2) is 22.7 Å². The standard InChI is InChI=1S/C13H17BrFN5/c1-3-6-16-12(8-13-17-19-20(2)18-13)10-7-9(14)4-5-11(10)15/h4-5,7,12,16H,3,6,8H2,1-2H3. The molecule has 0 amide bonds. The number of nitrogens with zero attached hydrogens (tertiary/aromatic N) is 4. The first-order valence-corrected chi connectivity index (χ1v) is 7.30. The lowest BCUT2D eigenvalue weighted by Gasteiger charge is -2.18. The predicted octanol–water partition coefficient (Wildman–Crippen LogP) is 2.40. The lowest BCUT2D eigenvalue weighted by molar-refractivity contribution is 0.488. The Kier molecular flexibility index (Phi) is 5.19. The van der Waals surface area contributed by atoms with Crippen molar-refractivity contribution in [3.63, 3.8) is 0 Å². The van der Waals surface area contributed by atoms with Crippen LogP contribution in [0.4, 0.5) is 4.39 Å². The Morgan fingerprint density at radius 1 is 1.45 bits per heavy atom. The zero-order chi connectivity index (χ0) is 14.5. The van der Waals surface area contributed by atoms with Crippen molar-refractivity contribution in [1.82, 2.24) is 25.5 Å². The van der Waals surface area contributed by atoms with E-state index < -0.39 is 0 Å². The highest BCUT2D eigenvalue weighted by Gasteiger charge is 2.18. The Bertz CT molecular complexity index is 572. The fraction of sp³-hybridized carbons (Fsp3) is 0.462. The molecule has 1 aromatic carbocycles. The monoisotopic (exact) mass is 341 g/mol. The van der Waals surface area contributed by atoms with Gasteiger partial charge in [0.2, 0.25) is 0 Å². The van der Waals surface area contributed by atoms with Crippen LogP contribution < -0.4 is 5.32 Å². The van der Waals surface area contributed by atoms with Gasteiger partial charge in [-0.3, -0.25) is 0 Å². The van der Waals surface area contributed by atoms with Gasteiger partial charge in [0.05, 0.1) is 7.05 Å². The first kappa shape index (κ1) is 15.1. The second kappa shape index (κ2) is 6.90. The van der Waals surface area contributed by atoms with Crippen LogP contribution in [0.3, 0.4) is 0 Å². The minimum Gasteiger partial charge on any atom is -0.309 e. The molecule has 1 heterocycles. The molecule has 7 heteroatoms. The summed E-state index contributed by atoms with van der Waals surface area (Å²) in [5.41, 5.74) is 0.611. The molecular formula is C13H17BrFN5. The van der Waals surface area contributed by atoms with Crippen molar-refractivity contribution in [2.24, 2.45) is 7.05 Å². The Morgan fingerprint density at radius 2 is 2.25 bits per heavy atom. The Hall–Kier alpha value is -1.34. The number of hydrogen-bond donors (Lipinski definition) is 1. The van der Waals surface area contributed by atoms with Crippen molar-refractivity contribution < 1.29 is 4.39 Å². The molecule has 1 aromatic heterocycles. The van der Waals surface area contributed by atoms with Gasteiger partial charge in [-0.05, 0) is 36.4 Å². The van der Waals surface area contributed by atoms with Crippen molar-refractivity contribution in [3.05, 3.63) is 39.9 Å². The molecule has 0 radical (unpaired) electrons. The summed E-state index contributed by atoms with van der Waals surface area (Å²) in [4.78, 5) is 1.41. The molecule has 0 aliphatic carbocycles. The van der Waals surface area contributed by atoms with Gasteiger partial charge < -0.3 is 5.32 Å². The maximum atomic E-state index is 14.0. The summed E-state index contributed by atoms with van der Waals surface area (Å²) in [6, 6.07) is 4.77. The van der Waals surface area contributed by atoms with E-state index in [1.54, 1.807) is 19.2 Å². The summed E-state index contributed by atoms with van der Waals surface area (Å²) < 4.78 is 14.9. The maximum absolute atomic E-state index is 14.0. The number of rotatable bonds is 6. The van der Waals surface area contributed by atoms with Crippen molar-refractivity contribution in [2.45, 2.75) is 25.8 Å². The van der Waals surface area contributed by atoms with Gasteiger partial charge in [-0.1, -0.05) is 22.9 Å². The minimum absolute atomic E-state index is 0.170. The van der Waals surface area contributed by atoms with Crippen LogP contribution in [-0.2, 0) is 13.5 Å². The Labute approximate surface area is 125 Å². The maximum Gasteiger partial charge on any atom is 0.176 e. The topological polar surface area (TPSA) is 55.6 Å². The summed E-state index contributed by atoms with van der Waals surface area (Å²) in [6.07, 6.45) is 1.47. The number of aryl methyl sites for hydroxylation is 1. The lowest BCUT2D eigenvalue weighted by Crippen LogP contribution is -2.25.